The van der Waals surface area contributed by atoms with E-state index in [1.807, 2.05) is 6.07 Å². The quantitative estimate of drug-likeness (QED) is 0.935. The van der Waals surface area contributed by atoms with E-state index in [9.17, 15) is 4.79 Å². The molecule has 0 spiro atoms. The summed E-state index contributed by atoms with van der Waals surface area (Å²) in [7, 11) is 0. The van der Waals surface area contributed by atoms with Crippen LogP contribution in [-0.2, 0) is 11.3 Å². The van der Waals surface area contributed by atoms with E-state index in [1.165, 1.54) is 10.9 Å². The van der Waals surface area contributed by atoms with E-state index < -0.39 is 0 Å². The normalized spacial score (nSPS) is 24.5. The van der Waals surface area contributed by atoms with Crippen LogP contribution in [0.4, 0.5) is 0 Å². The summed E-state index contributed by atoms with van der Waals surface area (Å²) in [6.07, 6.45) is 3.22. The van der Waals surface area contributed by atoms with Gasteiger partial charge in [-0.3, -0.25) is 4.79 Å². The summed E-state index contributed by atoms with van der Waals surface area (Å²) in [5, 5.41) is 4.81. The van der Waals surface area contributed by atoms with Crippen LogP contribution in [0.3, 0.4) is 0 Å². The molecule has 0 unspecified atom stereocenters. The van der Waals surface area contributed by atoms with E-state index in [0.717, 1.165) is 50.2 Å². The van der Waals surface area contributed by atoms with Gasteiger partial charge >= 0.3 is 0 Å². The van der Waals surface area contributed by atoms with Crippen molar-refractivity contribution in [3.8, 4) is 0 Å². The van der Waals surface area contributed by atoms with Gasteiger partial charge in [0.15, 0.2) is 0 Å². The van der Waals surface area contributed by atoms with Gasteiger partial charge in [-0.1, -0.05) is 18.6 Å². The van der Waals surface area contributed by atoms with Gasteiger partial charge in [-0.05, 0) is 50.3 Å². The number of fused-ring (bicyclic) bond motifs is 1. The maximum absolute atomic E-state index is 12.2. The van der Waals surface area contributed by atoms with Crippen molar-refractivity contribution in [1.82, 2.24) is 10.2 Å². The van der Waals surface area contributed by atoms with E-state index >= 15 is 0 Å². The van der Waals surface area contributed by atoms with E-state index in [2.05, 4.69) is 42.3 Å². The molecule has 24 heavy (non-hydrogen) atoms. The summed E-state index contributed by atoms with van der Waals surface area (Å²) >= 11 is 0. The Morgan fingerprint density at radius 2 is 2.12 bits per heavy atom. The highest BCUT2D eigenvalue weighted by Crippen LogP contribution is 2.32. The fourth-order valence-electron chi connectivity index (χ4n) is 3.77. The molecule has 2 atom stereocenters. The van der Waals surface area contributed by atoms with Crippen LogP contribution in [-0.4, -0.2) is 29.9 Å². The number of hydrogen-bond donors (Lipinski definition) is 1. The first-order chi connectivity index (χ1) is 11.6. The van der Waals surface area contributed by atoms with Crippen molar-refractivity contribution in [1.29, 1.82) is 0 Å². The predicted octanol–water partition coefficient (Wildman–Crippen LogP) is 3.48. The van der Waals surface area contributed by atoms with Crippen LogP contribution >= 0.6 is 0 Å². The summed E-state index contributed by atoms with van der Waals surface area (Å²) in [5.41, 5.74) is 2.21. The van der Waals surface area contributed by atoms with Crippen molar-refractivity contribution in [3.05, 3.63) is 35.6 Å². The Balaban J connectivity index is 1.34. The number of amides is 1. The Bertz CT molecular complexity index is 747. The van der Waals surface area contributed by atoms with E-state index in [-0.39, 0.29) is 0 Å². The number of likely N-dealkylation sites (tertiary alicyclic amines) is 1. The lowest BCUT2D eigenvalue weighted by molar-refractivity contribution is -0.134. The number of rotatable bonds is 4. The van der Waals surface area contributed by atoms with Crippen LogP contribution < -0.4 is 5.32 Å². The SMILES string of the molecule is Cc1ccc2oc(CN[C@H]3CCN(C(=O)C4CC4)C[C@@H]3C)cc2c1. The highest BCUT2D eigenvalue weighted by atomic mass is 16.3. The first-order valence-corrected chi connectivity index (χ1v) is 9.11. The molecule has 128 valence electrons. The third kappa shape index (κ3) is 3.20. The first kappa shape index (κ1) is 15.7. The predicted molar refractivity (Wildman–Crippen MR) is 94.7 cm³/mol. The molecule has 2 aliphatic rings. The fraction of sp³-hybridized carbons (Fsp3) is 0.550. The molecular weight excluding hydrogens is 300 g/mol. The topological polar surface area (TPSA) is 45.5 Å². The van der Waals surface area contributed by atoms with Gasteiger partial charge in [0.1, 0.15) is 11.3 Å². The van der Waals surface area contributed by atoms with Gasteiger partial charge < -0.3 is 14.6 Å². The van der Waals surface area contributed by atoms with Gasteiger partial charge in [0.05, 0.1) is 6.54 Å². The van der Waals surface area contributed by atoms with E-state index in [1.54, 1.807) is 0 Å². The molecule has 0 radical (unpaired) electrons. The Labute approximate surface area is 143 Å². The minimum absolute atomic E-state index is 0.334. The van der Waals surface area contributed by atoms with Crippen molar-refractivity contribution < 1.29 is 9.21 Å². The molecule has 1 aromatic carbocycles. The molecule has 1 N–H and O–H groups in total. The standard InChI is InChI=1S/C20H26N2O2/c1-13-3-6-19-16(9-13)10-17(24-19)11-21-18-7-8-22(12-14(18)2)20(23)15-4-5-15/h3,6,9-10,14-15,18,21H,4-5,7-8,11-12H2,1-2H3/t14-,18-/m0/s1. The summed E-state index contributed by atoms with van der Waals surface area (Å²) < 4.78 is 5.92. The molecule has 1 aromatic heterocycles. The number of aryl methyl sites for hydroxylation is 1. The number of carbonyl (C=O) groups is 1. The second-order valence-corrected chi connectivity index (χ2v) is 7.57. The Kier molecular flexibility index (Phi) is 4.09. The molecule has 0 bridgehead atoms. The molecule has 4 rings (SSSR count). The highest BCUT2D eigenvalue weighted by Gasteiger charge is 2.36. The third-order valence-corrected chi connectivity index (χ3v) is 5.40. The molecular formula is C20H26N2O2. The van der Waals surface area contributed by atoms with Crippen LogP contribution in [0.25, 0.3) is 11.0 Å². The monoisotopic (exact) mass is 326 g/mol. The number of carbonyl (C=O) groups excluding carboxylic acids is 1. The highest BCUT2D eigenvalue weighted by molar-refractivity contribution is 5.81. The molecule has 4 heteroatoms. The van der Waals surface area contributed by atoms with Crippen LogP contribution in [0.5, 0.6) is 0 Å². The lowest BCUT2D eigenvalue weighted by Gasteiger charge is -2.37. The molecule has 4 nitrogen and oxygen atoms in total. The van der Waals surface area contributed by atoms with Crippen molar-refractivity contribution >= 4 is 16.9 Å². The van der Waals surface area contributed by atoms with Gasteiger partial charge in [-0.25, -0.2) is 0 Å². The number of hydrogen-bond acceptors (Lipinski definition) is 3. The molecule has 2 aromatic rings. The number of piperidine rings is 1. The van der Waals surface area contributed by atoms with Crippen molar-refractivity contribution in [2.45, 2.75) is 45.7 Å². The minimum Gasteiger partial charge on any atom is -0.460 e. The van der Waals surface area contributed by atoms with Crippen LogP contribution in [0.15, 0.2) is 28.7 Å². The zero-order chi connectivity index (χ0) is 16.7. The summed E-state index contributed by atoms with van der Waals surface area (Å²) in [4.78, 5) is 14.3. The van der Waals surface area contributed by atoms with E-state index in [4.69, 9.17) is 4.42 Å². The molecule has 1 aliphatic carbocycles. The van der Waals surface area contributed by atoms with Gasteiger partial charge in [-0.15, -0.1) is 0 Å². The van der Waals surface area contributed by atoms with Crippen LogP contribution in [0, 0.1) is 18.8 Å². The largest absolute Gasteiger partial charge is 0.460 e. The first-order valence-electron chi connectivity index (χ1n) is 9.11. The molecule has 1 saturated carbocycles. The lowest BCUT2D eigenvalue weighted by Crippen LogP contribution is -2.50. The summed E-state index contributed by atoms with van der Waals surface area (Å²) in [5.74, 6) is 2.18. The molecule has 1 aliphatic heterocycles. The third-order valence-electron chi connectivity index (χ3n) is 5.40. The van der Waals surface area contributed by atoms with E-state index in [0.29, 0.717) is 23.8 Å². The van der Waals surface area contributed by atoms with Gasteiger partial charge in [-0.2, -0.15) is 0 Å². The number of nitrogens with one attached hydrogen (secondary N) is 1. The molecule has 1 saturated heterocycles. The fourth-order valence-corrected chi connectivity index (χ4v) is 3.77. The van der Waals surface area contributed by atoms with Crippen molar-refractivity contribution in [2.24, 2.45) is 11.8 Å². The van der Waals surface area contributed by atoms with Crippen LogP contribution in [0.1, 0.15) is 37.5 Å². The minimum atomic E-state index is 0.334. The van der Waals surface area contributed by atoms with Crippen molar-refractivity contribution in [2.75, 3.05) is 13.1 Å². The smallest absolute Gasteiger partial charge is 0.225 e. The number of nitrogens with zero attached hydrogens (tertiary/aromatic N) is 1. The second kappa shape index (κ2) is 6.25. The average molecular weight is 326 g/mol. The van der Waals surface area contributed by atoms with Gasteiger partial charge in [0, 0.05) is 30.4 Å². The summed E-state index contributed by atoms with van der Waals surface area (Å²) in [6.45, 7) is 6.86. The number of furan rings is 1. The van der Waals surface area contributed by atoms with Crippen molar-refractivity contribution in [3.63, 3.8) is 0 Å². The lowest BCUT2D eigenvalue weighted by atomic mass is 9.93. The zero-order valence-corrected chi connectivity index (χ0v) is 14.5. The summed E-state index contributed by atoms with van der Waals surface area (Å²) in [6, 6.07) is 8.86. The Hall–Kier alpha value is -1.81. The molecule has 1 amide bonds. The maximum Gasteiger partial charge on any atom is 0.225 e. The Morgan fingerprint density at radius 3 is 2.88 bits per heavy atom. The van der Waals surface area contributed by atoms with Crippen LogP contribution in [0.2, 0.25) is 0 Å². The van der Waals surface area contributed by atoms with Gasteiger partial charge in [0.2, 0.25) is 5.91 Å². The number of benzene rings is 1. The Morgan fingerprint density at radius 1 is 1.29 bits per heavy atom. The molecule has 2 fully saturated rings. The maximum atomic E-state index is 12.2. The second-order valence-electron chi connectivity index (χ2n) is 7.57. The molecule has 2 heterocycles. The van der Waals surface area contributed by atoms with Gasteiger partial charge in [0.25, 0.3) is 0 Å². The average Bonchev–Trinajstić information content (AvgIpc) is 3.33. The zero-order valence-electron chi connectivity index (χ0n) is 14.5.